The second-order valence-corrected chi connectivity index (χ2v) is 4.39. The first-order valence-electron chi connectivity index (χ1n) is 5.80. The lowest BCUT2D eigenvalue weighted by atomic mass is 10.1. The van der Waals surface area contributed by atoms with E-state index in [4.69, 9.17) is 4.74 Å². The Kier molecular flexibility index (Phi) is 6.15. The normalized spacial score (nSPS) is 16.5. The number of nitrogens with zero attached hydrogens (tertiary/aromatic N) is 1. The van der Waals surface area contributed by atoms with E-state index in [2.05, 4.69) is 24.1 Å². The van der Waals surface area contributed by atoms with Crippen LogP contribution in [0.15, 0.2) is 0 Å². The molecular formula is C11H24N2O. The van der Waals surface area contributed by atoms with E-state index in [-0.39, 0.29) is 0 Å². The summed E-state index contributed by atoms with van der Waals surface area (Å²) in [5.74, 6) is 0.797. The van der Waals surface area contributed by atoms with Gasteiger partial charge in [0.2, 0.25) is 0 Å². The van der Waals surface area contributed by atoms with E-state index in [9.17, 15) is 0 Å². The fraction of sp³-hybridized carbons (Fsp3) is 1.00. The minimum atomic E-state index is 0.797. The van der Waals surface area contributed by atoms with Crippen molar-refractivity contribution >= 4 is 0 Å². The molecule has 84 valence electrons. The largest absolute Gasteiger partial charge is 0.379 e. The first-order chi connectivity index (χ1) is 6.79. The Morgan fingerprint density at radius 2 is 2.00 bits per heavy atom. The zero-order valence-corrected chi connectivity index (χ0v) is 9.59. The summed E-state index contributed by atoms with van der Waals surface area (Å²) in [6.07, 6.45) is 1.26. The molecule has 1 N–H and O–H groups in total. The van der Waals surface area contributed by atoms with Crippen LogP contribution in [-0.2, 0) is 4.74 Å². The van der Waals surface area contributed by atoms with Crippen LogP contribution in [0.25, 0.3) is 0 Å². The molecule has 1 saturated heterocycles. The number of ether oxygens (including phenoxy) is 1. The molecule has 3 heteroatoms. The van der Waals surface area contributed by atoms with Gasteiger partial charge in [0.15, 0.2) is 0 Å². The number of nitrogens with one attached hydrogen (secondary N) is 1. The van der Waals surface area contributed by atoms with Crippen molar-refractivity contribution in [1.82, 2.24) is 10.2 Å². The third kappa shape index (κ3) is 7.30. The highest BCUT2D eigenvalue weighted by Crippen LogP contribution is 2.00. The maximum Gasteiger partial charge on any atom is 0.0594 e. The smallest absolute Gasteiger partial charge is 0.0594 e. The Labute approximate surface area is 87.8 Å². The third-order valence-electron chi connectivity index (χ3n) is 2.41. The van der Waals surface area contributed by atoms with Crippen LogP contribution in [0.5, 0.6) is 0 Å². The Hall–Kier alpha value is -0.120. The number of rotatable bonds is 9. The van der Waals surface area contributed by atoms with E-state index >= 15 is 0 Å². The van der Waals surface area contributed by atoms with Gasteiger partial charge in [0.05, 0.1) is 13.2 Å². The lowest BCUT2D eigenvalue weighted by molar-refractivity contribution is 0.128. The Morgan fingerprint density at radius 3 is 2.64 bits per heavy atom. The summed E-state index contributed by atoms with van der Waals surface area (Å²) in [5.41, 5.74) is 0. The Balaban J connectivity index is 1.66. The average Bonchev–Trinajstić information content (AvgIpc) is 2.92. The zero-order valence-electron chi connectivity index (χ0n) is 9.59. The molecule has 1 aliphatic heterocycles. The van der Waals surface area contributed by atoms with E-state index in [1.54, 1.807) is 0 Å². The molecule has 1 heterocycles. The zero-order chi connectivity index (χ0) is 10.2. The standard InChI is InChI=1S/C11H24N2O/c1-11(2)3-4-12-5-9-14-10-8-13-6-7-13/h11-12H,3-10H2,1-2H3. The van der Waals surface area contributed by atoms with Crippen LogP contribution < -0.4 is 5.32 Å². The summed E-state index contributed by atoms with van der Waals surface area (Å²) in [6.45, 7) is 12.0. The summed E-state index contributed by atoms with van der Waals surface area (Å²) in [4.78, 5) is 2.38. The summed E-state index contributed by atoms with van der Waals surface area (Å²) >= 11 is 0. The van der Waals surface area contributed by atoms with Gasteiger partial charge < -0.3 is 10.1 Å². The van der Waals surface area contributed by atoms with Gasteiger partial charge in [0.25, 0.3) is 0 Å². The van der Waals surface area contributed by atoms with Crippen molar-refractivity contribution in [2.45, 2.75) is 20.3 Å². The first kappa shape index (κ1) is 12.0. The highest BCUT2D eigenvalue weighted by molar-refractivity contribution is 4.71. The molecule has 0 unspecified atom stereocenters. The van der Waals surface area contributed by atoms with Gasteiger partial charge >= 0.3 is 0 Å². The van der Waals surface area contributed by atoms with E-state index < -0.39 is 0 Å². The highest BCUT2D eigenvalue weighted by atomic mass is 16.5. The maximum absolute atomic E-state index is 5.49. The summed E-state index contributed by atoms with van der Waals surface area (Å²) < 4.78 is 5.49. The van der Waals surface area contributed by atoms with Crippen LogP contribution in [0.1, 0.15) is 20.3 Å². The minimum absolute atomic E-state index is 0.797. The van der Waals surface area contributed by atoms with Crippen molar-refractivity contribution in [1.29, 1.82) is 0 Å². The van der Waals surface area contributed by atoms with Crippen molar-refractivity contribution in [3.05, 3.63) is 0 Å². The van der Waals surface area contributed by atoms with E-state index in [0.29, 0.717) is 0 Å². The molecule has 1 rings (SSSR count). The quantitative estimate of drug-likeness (QED) is 0.443. The second kappa shape index (κ2) is 7.21. The maximum atomic E-state index is 5.49. The monoisotopic (exact) mass is 200 g/mol. The molecule has 0 aliphatic carbocycles. The van der Waals surface area contributed by atoms with Gasteiger partial charge in [-0.3, -0.25) is 4.90 Å². The molecule has 0 aromatic carbocycles. The van der Waals surface area contributed by atoms with E-state index in [0.717, 1.165) is 38.8 Å². The SMILES string of the molecule is CC(C)CCNCCOCCN1CC1. The molecule has 1 fully saturated rings. The summed E-state index contributed by atoms with van der Waals surface area (Å²) in [6, 6.07) is 0. The fourth-order valence-electron chi connectivity index (χ4n) is 1.25. The van der Waals surface area contributed by atoms with Crippen molar-refractivity contribution in [2.24, 2.45) is 5.92 Å². The molecule has 0 spiro atoms. The van der Waals surface area contributed by atoms with Gasteiger partial charge in [-0.25, -0.2) is 0 Å². The van der Waals surface area contributed by atoms with Crippen LogP contribution in [0.4, 0.5) is 0 Å². The minimum Gasteiger partial charge on any atom is -0.379 e. The van der Waals surface area contributed by atoms with E-state index in [1.165, 1.54) is 19.5 Å². The van der Waals surface area contributed by atoms with E-state index in [1.807, 2.05) is 0 Å². The molecule has 0 atom stereocenters. The topological polar surface area (TPSA) is 24.3 Å². The molecule has 0 aromatic rings. The molecule has 0 amide bonds. The second-order valence-electron chi connectivity index (χ2n) is 4.39. The van der Waals surface area contributed by atoms with Crippen LogP contribution in [0, 0.1) is 5.92 Å². The van der Waals surface area contributed by atoms with Gasteiger partial charge in [-0.05, 0) is 18.9 Å². The lowest BCUT2D eigenvalue weighted by Gasteiger charge is -2.07. The van der Waals surface area contributed by atoms with Gasteiger partial charge in [0, 0.05) is 26.2 Å². The van der Waals surface area contributed by atoms with Crippen LogP contribution in [-0.4, -0.2) is 50.8 Å². The van der Waals surface area contributed by atoms with Gasteiger partial charge in [-0.1, -0.05) is 13.8 Å². The first-order valence-corrected chi connectivity index (χ1v) is 5.80. The summed E-state index contributed by atoms with van der Waals surface area (Å²) in [7, 11) is 0. The van der Waals surface area contributed by atoms with Crippen LogP contribution >= 0.6 is 0 Å². The molecule has 0 saturated carbocycles. The van der Waals surface area contributed by atoms with Gasteiger partial charge in [0.1, 0.15) is 0 Å². The van der Waals surface area contributed by atoms with Gasteiger partial charge in [-0.2, -0.15) is 0 Å². The Bertz CT molecular complexity index is 127. The fourth-order valence-corrected chi connectivity index (χ4v) is 1.25. The third-order valence-corrected chi connectivity index (χ3v) is 2.41. The molecule has 3 nitrogen and oxygen atoms in total. The molecule has 0 radical (unpaired) electrons. The molecular weight excluding hydrogens is 176 g/mol. The Morgan fingerprint density at radius 1 is 1.21 bits per heavy atom. The summed E-state index contributed by atoms with van der Waals surface area (Å²) in [5, 5.41) is 3.38. The van der Waals surface area contributed by atoms with Crippen LogP contribution in [0.3, 0.4) is 0 Å². The van der Waals surface area contributed by atoms with Crippen LogP contribution in [0.2, 0.25) is 0 Å². The predicted molar refractivity (Wildman–Crippen MR) is 59.6 cm³/mol. The number of hydrogen-bond acceptors (Lipinski definition) is 3. The number of hydrogen-bond donors (Lipinski definition) is 1. The van der Waals surface area contributed by atoms with Crippen molar-refractivity contribution < 1.29 is 4.74 Å². The lowest BCUT2D eigenvalue weighted by Crippen LogP contribution is -2.23. The molecule has 14 heavy (non-hydrogen) atoms. The van der Waals surface area contributed by atoms with Gasteiger partial charge in [-0.15, -0.1) is 0 Å². The predicted octanol–water partition coefficient (Wildman–Crippen LogP) is 0.954. The molecule has 0 aromatic heterocycles. The highest BCUT2D eigenvalue weighted by Gasteiger charge is 2.15. The van der Waals surface area contributed by atoms with Crippen molar-refractivity contribution in [2.75, 3.05) is 45.9 Å². The van der Waals surface area contributed by atoms with Crippen molar-refractivity contribution in [3.63, 3.8) is 0 Å². The molecule has 1 aliphatic rings. The van der Waals surface area contributed by atoms with Crippen molar-refractivity contribution in [3.8, 4) is 0 Å². The molecule has 0 bridgehead atoms. The average molecular weight is 200 g/mol.